The molecule has 116 valence electrons. The molecule has 1 saturated heterocycles. The standard InChI is InChI=1S/C15H18N4O3/c1-18-9-13(14(17-18)21-2)15(20)19-7-11(8-19)10-22-12-4-3-5-16-6-12/h3-6,9,11H,7-8,10H2,1-2H3. The molecule has 3 rings (SSSR count). The highest BCUT2D eigenvalue weighted by atomic mass is 16.5. The Labute approximate surface area is 128 Å². The van der Waals surface area contributed by atoms with E-state index in [0.29, 0.717) is 37.1 Å². The zero-order chi connectivity index (χ0) is 15.5. The summed E-state index contributed by atoms with van der Waals surface area (Å²) in [6, 6.07) is 3.70. The minimum Gasteiger partial charge on any atom is -0.492 e. The highest BCUT2D eigenvalue weighted by Gasteiger charge is 2.33. The molecule has 1 fully saturated rings. The second-order valence-corrected chi connectivity index (χ2v) is 5.30. The average Bonchev–Trinajstić information content (AvgIpc) is 2.87. The van der Waals surface area contributed by atoms with Gasteiger partial charge in [0.1, 0.15) is 11.3 Å². The molecule has 3 heterocycles. The first-order valence-corrected chi connectivity index (χ1v) is 7.07. The van der Waals surface area contributed by atoms with E-state index >= 15 is 0 Å². The molecule has 0 spiro atoms. The minimum atomic E-state index is -0.0532. The van der Waals surface area contributed by atoms with Crippen LogP contribution in [0.2, 0.25) is 0 Å². The van der Waals surface area contributed by atoms with E-state index in [9.17, 15) is 4.79 Å². The molecule has 1 aliphatic heterocycles. The van der Waals surface area contributed by atoms with Crippen LogP contribution >= 0.6 is 0 Å². The third-order valence-electron chi connectivity index (χ3n) is 3.58. The summed E-state index contributed by atoms with van der Waals surface area (Å²) in [5, 5.41) is 4.10. The van der Waals surface area contributed by atoms with E-state index in [1.165, 1.54) is 7.11 Å². The Morgan fingerprint density at radius 2 is 2.27 bits per heavy atom. The smallest absolute Gasteiger partial charge is 0.260 e. The number of aromatic nitrogens is 3. The van der Waals surface area contributed by atoms with Crippen molar-refractivity contribution >= 4 is 5.91 Å². The van der Waals surface area contributed by atoms with E-state index in [1.54, 1.807) is 35.2 Å². The minimum absolute atomic E-state index is 0.0532. The summed E-state index contributed by atoms with van der Waals surface area (Å²) in [6.07, 6.45) is 5.07. The first-order chi connectivity index (χ1) is 10.7. The normalized spacial score (nSPS) is 14.5. The predicted molar refractivity (Wildman–Crippen MR) is 78.9 cm³/mol. The van der Waals surface area contributed by atoms with Crippen molar-refractivity contribution in [1.29, 1.82) is 0 Å². The molecule has 1 aliphatic rings. The lowest BCUT2D eigenvalue weighted by molar-refractivity contribution is 0.0390. The van der Waals surface area contributed by atoms with Crippen molar-refractivity contribution in [1.82, 2.24) is 19.7 Å². The lowest BCUT2D eigenvalue weighted by Crippen LogP contribution is -2.52. The van der Waals surface area contributed by atoms with Gasteiger partial charge in [0.25, 0.3) is 5.91 Å². The molecule has 2 aromatic rings. The van der Waals surface area contributed by atoms with Crippen molar-refractivity contribution < 1.29 is 14.3 Å². The van der Waals surface area contributed by atoms with Gasteiger partial charge in [0.15, 0.2) is 0 Å². The van der Waals surface area contributed by atoms with Gasteiger partial charge < -0.3 is 14.4 Å². The van der Waals surface area contributed by atoms with Crippen LogP contribution in [-0.4, -0.2) is 52.4 Å². The molecule has 7 nitrogen and oxygen atoms in total. The number of carbonyl (C=O) groups excluding carboxylic acids is 1. The van der Waals surface area contributed by atoms with Crippen molar-refractivity contribution in [3.8, 4) is 11.6 Å². The van der Waals surface area contributed by atoms with Crippen LogP contribution in [0.15, 0.2) is 30.7 Å². The molecular formula is C15H18N4O3. The summed E-state index contributed by atoms with van der Waals surface area (Å²) in [4.78, 5) is 18.2. The molecular weight excluding hydrogens is 284 g/mol. The van der Waals surface area contributed by atoms with E-state index in [4.69, 9.17) is 9.47 Å². The summed E-state index contributed by atoms with van der Waals surface area (Å²) in [6.45, 7) is 1.94. The fraction of sp³-hybridized carbons (Fsp3) is 0.400. The van der Waals surface area contributed by atoms with Crippen molar-refractivity contribution in [3.63, 3.8) is 0 Å². The summed E-state index contributed by atoms with van der Waals surface area (Å²) >= 11 is 0. The van der Waals surface area contributed by atoms with Gasteiger partial charge in [-0.05, 0) is 12.1 Å². The molecule has 7 heteroatoms. The van der Waals surface area contributed by atoms with E-state index in [1.807, 2.05) is 12.1 Å². The zero-order valence-corrected chi connectivity index (χ0v) is 12.6. The second kappa shape index (κ2) is 6.05. The first-order valence-electron chi connectivity index (χ1n) is 7.07. The van der Waals surface area contributed by atoms with E-state index < -0.39 is 0 Å². The van der Waals surface area contributed by atoms with Crippen molar-refractivity contribution in [2.45, 2.75) is 0 Å². The van der Waals surface area contributed by atoms with E-state index in [-0.39, 0.29) is 5.91 Å². The van der Waals surface area contributed by atoms with Crippen LogP contribution in [0.25, 0.3) is 0 Å². The molecule has 0 atom stereocenters. The maximum atomic E-state index is 12.4. The number of ether oxygens (including phenoxy) is 2. The van der Waals surface area contributed by atoms with Crippen LogP contribution in [0.3, 0.4) is 0 Å². The largest absolute Gasteiger partial charge is 0.492 e. The molecule has 0 saturated carbocycles. The van der Waals surface area contributed by atoms with Gasteiger partial charge in [0.05, 0.1) is 19.9 Å². The summed E-state index contributed by atoms with van der Waals surface area (Å²) in [7, 11) is 3.28. The number of rotatable bonds is 5. The fourth-order valence-electron chi connectivity index (χ4n) is 2.42. The van der Waals surface area contributed by atoms with Crippen molar-refractivity contribution in [2.24, 2.45) is 13.0 Å². The van der Waals surface area contributed by atoms with Gasteiger partial charge in [-0.2, -0.15) is 0 Å². The Morgan fingerprint density at radius 3 is 2.95 bits per heavy atom. The number of amides is 1. The Bertz CT molecular complexity index is 650. The highest BCUT2D eigenvalue weighted by molar-refractivity contribution is 5.96. The van der Waals surface area contributed by atoms with E-state index in [0.717, 1.165) is 5.75 Å². The first kappa shape index (κ1) is 14.4. The third kappa shape index (κ3) is 2.88. The van der Waals surface area contributed by atoms with Crippen LogP contribution in [0, 0.1) is 5.92 Å². The number of hydrogen-bond acceptors (Lipinski definition) is 5. The van der Waals surface area contributed by atoms with Gasteiger partial charge in [-0.3, -0.25) is 14.5 Å². The monoisotopic (exact) mass is 302 g/mol. The van der Waals surface area contributed by atoms with Crippen molar-refractivity contribution in [3.05, 3.63) is 36.3 Å². The summed E-state index contributed by atoms with van der Waals surface area (Å²) in [5.41, 5.74) is 0.497. The molecule has 0 aliphatic carbocycles. The number of nitrogens with zero attached hydrogens (tertiary/aromatic N) is 4. The zero-order valence-electron chi connectivity index (χ0n) is 12.6. The van der Waals surface area contributed by atoms with Crippen LogP contribution in [0.1, 0.15) is 10.4 Å². The third-order valence-corrected chi connectivity index (χ3v) is 3.58. The van der Waals surface area contributed by atoms with Gasteiger partial charge >= 0.3 is 0 Å². The van der Waals surface area contributed by atoms with Crippen LogP contribution in [-0.2, 0) is 7.05 Å². The molecule has 0 N–H and O–H groups in total. The number of hydrogen-bond donors (Lipinski definition) is 0. The van der Waals surface area contributed by atoms with Gasteiger partial charge in [0.2, 0.25) is 5.88 Å². The lowest BCUT2D eigenvalue weighted by atomic mass is 10.0. The maximum Gasteiger partial charge on any atom is 0.260 e. The number of carbonyl (C=O) groups is 1. The molecule has 0 aromatic carbocycles. The Morgan fingerprint density at radius 1 is 1.45 bits per heavy atom. The Kier molecular flexibility index (Phi) is 3.95. The summed E-state index contributed by atoms with van der Waals surface area (Å²) < 4.78 is 12.4. The van der Waals surface area contributed by atoms with E-state index in [2.05, 4.69) is 10.1 Å². The van der Waals surface area contributed by atoms with Gasteiger partial charge in [-0.1, -0.05) is 0 Å². The quantitative estimate of drug-likeness (QED) is 0.823. The fourth-order valence-corrected chi connectivity index (χ4v) is 2.42. The molecule has 0 unspecified atom stereocenters. The van der Waals surface area contributed by atoms with Crippen LogP contribution in [0.5, 0.6) is 11.6 Å². The number of methoxy groups -OCH3 is 1. The highest BCUT2D eigenvalue weighted by Crippen LogP contribution is 2.23. The van der Waals surface area contributed by atoms with Gasteiger partial charge in [0, 0.05) is 38.4 Å². The Hall–Kier alpha value is -2.57. The van der Waals surface area contributed by atoms with Crippen LogP contribution < -0.4 is 9.47 Å². The molecule has 0 bridgehead atoms. The molecule has 1 amide bonds. The molecule has 2 aromatic heterocycles. The average molecular weight is 302 g/mol. The second-order valence-electron chi connectivity index (χ2n) is 5.30. The molecule has 22 heavy (non-hydrogen) atoms. The summed E-state index contributed by atoms with van der Waals surface area (Å²) in [5.74, 6) is 1.40. The lowest BCUT2D eigenvalue weighted by Gasteiger charge is -2.38. The maximum absolute atomic E-state index is 12.4. The Balaban J connectivity index is 1.51. The molecule has 0 radical (unpaired) electrons. The SMILES string of the molecule is COc1nn(C)cc1C(=O)N1CC(COc2cccnc2)C1. The predicted octanol–water partition coefficient (Wildman–Crippen LogP) is 0.975. The number of likely N-dealkylation sites (tertiary alicyclic amines) is 1. The van der Waals surface area contributed by atoms with Crippen LogP contribution in [0.4, 0.5) is 0 Å². The number of pyridine rings is 1. The number of aryl methyl sites for hydroxylation is 1. The van der Waals surface area contributed by atoms with Gasteiger partial charge in [-0.15, -0.1) is 5.10 Å². The van der Waals surface area contributed by atoms with Gasteiger partial charge in [-0.25, -0.2) is 0 Å². The van der Waals surface area contributed by atoms with Crippen molar-refractivity contribution in [2.75, 3.05) is 26.8 Å². The topological polar surface area (TPSA) is 69.5 Å².